The molecule has 8 nitrogen and oxygen atoms in total. The van der Waals surface area contributed by atoms with Gasteiger partial charge in [0.2, 0.25) is 5.91 Å². The Balaban J connectivity index is 1.54. The number of hydrogen-bond donors (Lipinski definition) is 3. The quantitative estimate of drug-likeness (QED) is 0.613. The first-order valence-electron chi connectivity index (χ1n) is 9.81. The van der Waals surface area contributed by atoms with Crippen LogP contribution < -0.4 is 16.4 Å². The van der Waals surface area contributed by atoms with Crippen LogP contribution >= 0.6 is 11.3 Å². The number of nitrogens with one attached hydrogen (secondary N) is 2. The van der Waals surface area contributed by atoms with Crippen molar-refractivity contribution in [3.63, 3.8) is 0 Å². The Bertz CT molecular complexity index is 1050. The van der Waals surface area contributed by atoms with Crippen LogP contribution in [0, 0.1) is 0 Å². The van der Waals surface area contributed by atoms with Gasteiger partial charge in [-0.25, -0.2) is 4.79 Å². The number of amides is 5. The number of urea groups is 1. The molecule has 1 aromatic carbocycles. The third-order valence-electron chi connectivity index (χ3n) is 5.70. The first kappa shape index (κ1) is 20.1. The van der Waals surface area contributed by atoms with Crippen LogP contribution in [-0.4, -0.2) is 35.2 Å². The van der Waals surface area contributed by atoms with E-state index in [4.69, 9.17) is 5.73 Å². The molecule has 4 N–H and O–H groups in total. The van der Waals surface area contributed by atoms with Crippen molar-refractivity contribution in [1.82, 2.24) is 10.2 Å². The second kappa shape index (κ2) is 7.56. The molecule has 0 bridgehead atoms. The summed E-state index contributed by atoms with van der Waals surface area (Å²) in [4.78, 5) is 52.2. The molecule has 0 radical (unpaired) electrons. The lowest BCUT2D eigenvalue weighted by molar-refractivity contribution is -0.134. The largest absolute Gasteiger partial charge is 0.365 e. The number of nitrogens with two attached hydrogens (primary N) is 1. The lowest BCUT2D eigenvalue weighted by atomic mass is 9.87. The molecular formula is C21H22N4O4S. The Hall–Kier alpha value is -3.20. The maximum atomic E-state index is 13.1. The van der Waals surface area contributed by atoms with Crippen molar-refractivity contribution >= 4 is 40.1 Å². The van der Waals surface area contributed by atoms with Gasteiger partial charge in [0, 0.05) is 4.88 Å². The van der Waals surface area contributed by atoms with Crippen molar-refractivity contribution in [2.45, 2.75) is 38.1 Å². The molecule has 5 amide bonds. The number of anilines is 1. The SMILES string of the molecule is CC[C@]1(c2ccccc2)NC(=O)N(CC(=O)Nc2sc3c(c2C(N)=O)CCC3)C1=O. The van der Waals surface area contributed by atoms with Crippen LogP contribution in [-0.2, 0) is 28.0 Å². The number of nitrogens with zero attached hydrogens (tertiary/aromatic N) is 1. The molecule has 1 aliphatic carbocycles. The normalized spacial score (nSPS) is 20.2. The number of thiophene rings is 1. The van der Waals surface area contributed by atoms with Gasteiger partial charge in [0.05, 0.1) is 5.56 Å². The molecule has 1 atom stereocenters. The molecule has 1 aliphatic heterocycles. The Morgan fingerprint density at radius 1 is 1.23 bits per heavy atom. The Labute approximate surface area is 177 Å². The van der Waals surface area contributed by atoms with Gasteiger partial charge in [-0.05, 0) is 36.8 Å². The average Bonchev–Trinajstić information content (AvgIpc) is 3.36. The molecule has 1 aromatic heterocycles. The molecular weight excluding hydrogens is 404 g/mol. The summed E-state index contributed by atoms with van der Waals surface area (Å²) in [6.07, 6.45) is 2.90. The molecule has 0 saturated carbocycles. The van der Waals surface area contributed by atoms with Gasteiger partial charge in [0.25, 0.3) is 11.8 Å². The van der Waals surface area contributed by atoms with Gasteiger partial charge in [-0.3, -0.25) is 19.3 Å². The number of carbonyl (C=O) groups is 4. The summed E-state index contributed by atoms with van der Waals surface area (Å²) in [5.41, 5.74) is 6.23. The zero-order chi connectivity index (χ0) is 21.5. The van der Waals surface area contributed by atoms with Crippen LogP contribution in [0.25, 0.3) is 0 Å². The highest BCUT2D eigenvalue weighted by atomic mass is 32.1. The Kier molecular flexibility index (Phi) is 5.07. The summed E-state index contributed by atoms with van der Waals surface area (Å²) in [5, 5.41) is 5.81. The topological polar surface area (TPSA) is 122 Å². The molecule has 0 spiro atoms. The predicted octanol–water partition coefficient (Wildman–Crippen LogP) is 2.13. The van der Waals surface area contributed by atoms with E-state index in [1.165, 1.54) is 11.3 Å². The van der Waals surface area contributed by atoms with Crippen molar-refractivity contribution in [1.29, 1.82) is 0 Å². The number of benzene rings is 1. The number of imide groups is 1. The van der Waals surface area contributed by atoms with Crippen molar-refractivity contribution in [2.75, 3.05) is 11.9 Å². The summed E-state index contributed by atoms with van der Waals surface area (Å²) in [5.74, 6) is -1.62. The summed E-state index contributed by atoms with van der Waals surface area (Å²) in [6.45, 7) is 1.36. The molecule has 4 rings (SSSR count). The molecule has 0 unspecified atom stereocenters. The minimum absolute atomic E-state index is 0.338. The molecule has 9 heteroatoms. The number of fused-ring (bicyclic) bond motifs is 1. The number of hydrogen-bond acceptors (Lipinski definition) is 5. The van der Waals surface area contributed by atoms with Crippen LogP contribution in [0.4, 0.5) is 9.80 Å². The van der Waals surface area contributed by atoms with Gasteiger partial charge in [-0.2, -0.15) is 0 Å². The number of aryl methyl sites for hydroxylation is 1. The molecule has 30 heavy (non-hydrogen) atoms. The van der Waals surface area contributed by atoms with E-state index in [1.54, 1.807) is 31.2 Å². The maximum Gasteiger partial charge on any atom is 0.325 e. The summed E-state index contributed by atoms with van der Waals surface area (Å²) in [6, 6.07) is 8.35. The van der Waals surface area contributed by atoms with E-state index in [1.807, 2.05) is 6.07 Å². The van der Waals surface area contributed by atoms with E-state index in [0.717, 1.165) is 34.6 Å². The maximum absolute atomic E-state index is 13.1. The van der Waals surface area contributed by atoms with Gasteiger partial charge in [0.15, 0.2) is 0 Å². The van der Waals surface area contributed by atoms with Gasteiger partial charge in [-0.1, -0.05) is 37.3 Å². The molecule has 2 aliphatic rings. The molecule has 1 fully saturated rings. The highest BCUT2D eigenvalue weighted by molar-refractivity contribution is 7.17. The van der Waals surface area contributed by atoms with Gasteiger partial charge in [0.1, 0.15) is 17.1 Å². The van der Waals surface area contributed by atoms with Crippen molar-refractivity contribution in [3.8, 4) is 0 Å². The fraction of sp³-hybridized carbons (Fsp3) is 0.333. The second-order valence-electron chi connectivity index (χ2n) is 7.42. The van der Waals surface area contributed by atoms with E-state index in [9.17, 15) is 19.2 Å². The minimum Gasteiger partial charge on any atom is -0.365 e. The Morgan fingerprint density at radius 3 is 2.63 bits per heavy atom. The monoisotopic (exact) mass is 426 g/mol. The van der Waals surface area contributed by atoms with Gasteiger partial charge < -0.3 is 16.4 Å². The van der Waals surface area contributed by atoms with Gasteiger partial charge >= 0.3 is 6.03 Å². The van der Waals surface area contributed by atoms with Crippen LogP contribution in [0.5, 0.6) is 0 Å². The molecule has 2 heterocycles. The summed E-state index contributed by atoms with van der Waals surface area (Å²) >= 11 is 1.33. The van der Waals surface area contributed by atoms with E-state index in [-0.39, 0.29) is 0 Å². The number of carbonyl (C=O) groups excluding carboxylic acids is 4. The number of primary amides is 1. The van der Waals surface area contributed by atoms with Crippen LogP contribution in [0.3, 0.4) is 0 Å². The van der Waals surface area contributed by atoms with E-state index < -0.39 is 35.8 Å². The molecule has 2 aromatic rings. The fourth-order valence-corrected chi connectivity index (χ4v) is 5.51. The fourth-order valence-electron chi connectivity index (χ4n) is 4.19. The van der Waals surface area contributed by atoms with Crippen LogP contribution in [0.1, 0.15) is 46.1 Å². The van der Waals surface area contributed by atoms with E-state index in [2.05, 4.69) is 10.6 Å². The minimum atomic E-state index is -1.19. The average molecular weight is 426 g/mol. The zero-order valence-electron chi connectivity index (χ0n) is 16.5. The van der Waals surface area contributed by atoms with E-state index >= 15 is 0 Å². The highest BCUT2D eigenvalue weighted by Crippen LogP contribution is 2.39. The molecule has 1 saturated heterocycles. The first-order chi connectivity index (χ1) is 14.4. The summed E-state index contributed by atoms with van der Waals surface area (Å²) < 4.78 is 0. The lowest BCUT2D eigenvalue weighted by Gasteiger charge is -2.25. The van der Waals surface area contributed by atoms with Crippen molar-refractivity contribution < 1.29 is 19.2 Å². The van der Waals surface area contributed by atoms with Crippen molar-refractivity contribution in [3.05, 3.63) is 51.9 Å². The lowest BCUT2D eigenvalue weighted by Crippen LogP contribution is -2.44. The van der Waals surface area contributed by atoms with Crippen molar-refractivity contribution in [2.24, 2.45) is 5.73 Å². The van der Waals surface area contributed by atoms with Gasteiger partial charge in [-0.15, -0.1) is 11.3 Å². The Morgan fingerprint density at radius 2 is 1.97 bits per heavy atom. The highest BCUT2D eigenvalue weighted by Gasteiger charge is 2.51. The van der Waals surface area contributed by atoms with Crippen LogP contribution in [0.15, 0.2) is 30.3 Å². The third-order valence-corrected chi connectivity index (χ3v) is 6.90. The first-order valence-corrected chi connectivity index (χ1v) is 10.6. The molecule has 156 valence electrons. The zero-order valence-corrected chi connectivity index (χ0v) is 17.3. The van der Waals surface area contributed by atoms with E-state index in [0.29, 0.717) is 22.5 Å². The summed E-state index contributed by atoms with van der Waals surface area (Å²) in [7, 11) is 0. The smallest absolute Gasteiger partial charge is 0.325 e. The van der Waals surface area contributed by atoms with Crippen LogP contribution in [0.2, 0.25) is 0 Å². The standard InChI is InChI=1S/C21H22N4O4S/c1-2-21(12-7-4-3-5-8-12)19(28)25(20(29)24-21)11-15(26)23-18-16(17(22)27)13-9-6-10-14(13)30-18/h3-5,7-8H,2,6,9-11H2,1H3,(H2,22,27)(H,23,26)(H,24,29)/t21-/m1/s1. The number of rotatable bonds is 6. The third kappa shape index (κ3) is 3.15. The predicted molar refractivity (Wildman–Crippen MR) is 112 cm³/mol. The second-order valence-corrected chi connectivity index (χ2v) is 8.53.